The molecule has 0 spiro atoms. The molecule has 3 fully saturated rings. The standard InChI is InChI=1S/C21H34O2/c1-4-13-6-8-17-16-7-5-14-11-15(22)12-19(23)21(14,3)18(16)9-10-20(13,17)2/h5,13,15-19,22-23H,4,6-12H2,1-3H3/t13-,15+,16-,17-,18-,19+,20+,21-/m0/s1. The Morgan fingerprint density at radius 3 is 2.65 bits per heavy atom. The second kappa shape index (κ2) is 5.33. The normalized spacial score (nSPS) is 55.6. The molecule has 0 amide bonds. The molecule has 0 radical (unpaired) electrons. The van der Waals surface area contributed by atoms with Crippen LogP contribution in [0.25, 0.3) is 0 Å². The molecule has 0 heterocycles. The molecule has 2 nitrogen and oxygen atoms in total. The Morgan fingerprint density at radius 1 is 1.13 bits per heavy atom. The third-order valence-electron chi connectivity index (χ3n) is 8.87. The highest BCUT2D eigenvalue weighted by Crippen LogP contribution is 2.66. The molecule has 4 aliphatic carbocycles. The van der Waals surface area contributed by atoms with Crippen molar-refractivity contribution in [3.05, 3.63) is 11.6 Å². The highest BCUT2D eigenvalue weighted by molar-refractivity contribution is 5.27. The minimum absolute atomic E-state index is 0.0756. The summed E-state index contributed by atoms with van der Waals surface area (Å²) in [6, 6.07) is 0. The lowest BCUT2D eigenvalue weighted by Gasteiger charge is -2.59. The average Bonchev–Trinajstić information content (AvgIpc) is 2.85. The van der Waals surface area contributed by atoms with E-state index in [1.165, 1.54) is 44.1 Å². The summed E-state index contributed by atoms with van der Waals surface area (Å²) < 4.78 is 0. The zero-order chi connectivity index (χ0) is 16.4. The summed E-state index contributed by atoms with van der Waals surface area (Å²) in [5.74, 6) is 3.13. The van der Waals surface area contributed by atoms with E-state index in [-0.39, 0.29) is 17.6 Å². The van der Waals surface area contributed by atoms with E-state index in [4.69, 9.17) is 0 Å². The molecule has 0 unspecified atom stereocenters. The average molecular weight is 319 g/mol. The van der Waals surface area contributed by atoms with Gasteiger partial charge in [0.25, 0.3) is 0 Å². The molecular weight excluding hydrogens is 284 g/mol. The predicted octanol–water partition coefficient (Wildman–Crippen LogP) is 4.31. The van der Waals surface area contributed by atoms with Crippen molar-refractivity contribution in [2.24, 2.45) is 34.5 Å². The van der Waals surface area contributed by atoms with Gasteiger partial charge in [0, 0.05) is 11.8 Å². The van der Waals surface area contributed by atoms with Crippen molar-refractivity contribution in [3.8, 4) is 0 Å². The largest absolute Gasteiger partial charge is 0.393 e. The first-order valence-corrected chi connectivity index (χ1v) is 9.96. The van der Waals surface area contributed by atoms with Crippen LogP contribution in [0.3, 0.4) is 0 Å². The first kappa shape index (κ1) is 16.1. The van der Waals surface area contributed by atoms with Crippen molar-refractivity contribution in [2.45, 2.75) is 84.3 Å². The summed E-state index contributed by atoms with van der Waals surface area (Å²) in [5.41, 5.74) is 1.82. The molecule has 0 aromatic heterocycles. The Hall–Kier alpha value is -0.340. The highest BCUT2D eigenvalue weighted by atomic mass is 16.3. The van der Waals surface area contributed by atoms with Gasteiger partial charge >= 0.3 is 0 Å². The van der Waals surface area contributed by atoms with Crippen LogP contribution in [0.5, 0.6) is 0 Å². The van der Waals surface area contributed by atoms with E-state index in [1.807, 2.05) is 0 Å². The lowest BCUT2D eigenvalue weighted by atomic mass is 9.46. The van der Waals surface area contributed by atoms with Gasteiger partial charge in [0.2, 0.25) is 0 Å². The first-order valence-electron chi connectivity index (χ1n) is 9.96. The number of rotatable bonds is 1. The minimum atomic E-state index is -0.363. The lowest BCUT2D eigenvalue weighted by Crippen LogP contribution is -2.55. The van der Waals surface area contributed by atoms with E-state index in [1.54, 1.807) is 0 Å². The molecule has 3 saturated carbocycles. The smallest absolute Gasteiger partial charge is 0.0658 e. The fraction of sp³-hybridized carbons (Fsp3) is 0.905. The maximum absolute atomic E-state index is 10.9. The molecule has 2 N–H and O–H groups in total. The van der Waals surface area contributed by atoms with E-state index >= 15 is 0 Å². The van der Waals surface area contributed by atoms with Crippen molar-refractivity contribution in [1.29, 1.82) is 0 Å². The molecule has 0 saturated heterocycles. The van der Waals surface area contributed by atoms with Crippen LogP contribution in [0.4, 0.5) is 0 Å². The quantitative estimate of drug-likeness (QED) is 0.707. The summed E-state index contributed by atoms with van der Waals surface area (Å²) >= 11 is 0. The van der Waals surface area contributed by atoms with E-state index in [0.29, 0.717) is 17.8 Å². The number of aliphatic hydroxyl groups is 2. The zero-order valence-electron chi connectivity index (χ0n) is 15.1. The van der Waals surface area contributed by atoms with Crippen LogP contribution in [0.1, 0.15) is 72.1 Å². The fourth-order valence-corrected chi connectivity index (χ4v) is 7.48. The van der Waals surface area contributed by atoms with Gasteiger partial charge in [0.05, 0.1) is 12.2 Å². The van der Waals surface area contributed by atoms with Crippen LogP contribution in [0, 0.1) is 34.5 Å². The fourth-order valence-electron chi connectivity index (χ4n) is 7.48. The van der Waals surface area contributed by atoms with Gasteiger partial charge in [-0.05, 0) is 67.6 Å². The van der Waals surface area contributed by atoms with Crippen LogP contribution >= 0.6 is 0 Å². The summed E-state index contributed by atoms with van der Waals surface area (Å²) in [5, 5.41) is 21.0. The Bertz CT molecular complexity index is 512. The van der Waals surface area contributed by atoms with Crippen LogP contribution in [0.15, 0.2) is 11.6 Å². The van der Waals surface area contributed by atoms with Crippen LogP contribution in [-0.4, -0.2) is 22.4 Å². The second-order valence-corrected chi connectivity index (χ2v) is 9.46. The van der Waals surface area contributed by atoms with Gasteiger partial charge in [-0.25, -0.2) is 0 Å². The number of hydrogen-bond donors (Lipinski definition) is 2. The van der Waals surface area contributed by atoms with E-state index < -0.39 is 0 Å². The number of aliphatic hydroxyl groups excluding tert-OH is 2. The van der Waals surface area contributed by atoms with Gasteiger partial charge in [-0.3, -0.25) is 0 Å². The van der Waals surface area contributed by atoms with Crippen molar-refractivity contribution in [1.82, 2.24) is 0 Å². The molecule has 0 bridgehead atoms. The minimum Gasteiger partial charge on any atom is -0.393 e. The van der Waals surface area contributed by atoms with Gasteiger partial charge in [0.15, 0.2) is 0 Å². The maximum Gasteiger partial charge on any atom is 0.0658 e. The predicted molar refractivity (Wildman–Crippen MR) is 92.9 cm³/mol. The molecule has 0 aromatic carbocycles. The second-order valence-electron chi connectivity index (χ2n) is 9.46. The highest BCUT2D eigenvalue weighted by Gasteiger charge is 2.60. The Balaban J connectivity index is 1.69. The van der Waals surface area contributed by atoms with E-state index in [9.17, 15) is 10.2 Å². The van der Waals surface area contributed by atoms with Gasteiger partial charge in [-0.1, -0.05) is 38.8 Å². The number of hydrogen-bond acceptors (Lipinski definition) is 2. The zero-order valence-corrected chi connectivity index (χ0v) is 15.1. The van der Waals surface area contributed by atoms with Crippen molar-refractivity contribution >= 4 is 0 Å². The SMILES string of the molecule is CC[C@H]1CC[C@H]2[C@@H]3CC=C4C[C@@H](O)C[C@@H](O)[C@]4(C)[C@H]3CC[C@]12C. The lowest BCUT2D eigenvalue weighted by molar-refractivity contribution is -0.105. The number of fused-ring (bicyclic) bond motifs is 5. The molecule has 23 heavy (non-hydrogen) atoms. The van der Waals surface area contributed by atoms with Gasteiger partial charge in [-0.2, -0.15) is 0 Å². The third kappa shape index (κ3) is 2.07. The number of allylic oxidation sites excluding steroid dienone is 1. The van der Waals surface area contributed by atoms with Gasteiger partial charge in [0.1, 0.15) is 0 Å². The van der Waals surface area contributed by atoms with Gasteiger partial charge < -0.3 is 10.2 Å². The Labute approximate surface area is 141 Å². The van der Waals surface area contributed by atoms with Crippen molar-refractivity contribution in [3.63, 3.8) is 0 Å². The first-order chi connectivity index (χ1) is 10.9. The monoisotopic (exact) mass is 318 g/mol. The molecular formula is C21H34O2. The Morgan fingerprint density at radius 2 is 1.91 bits per heavy atom. The van der Waals surface area contributed by atoms with Crippen molar-refractivity contribution in [2.75, 3.05) is 0 Å². The Kier molecular flexibility index (Phi) is 3.74. The van der Waals surface area contributed by atoms with Crippen LogP contribution in [-0.2, 0) is 0 Å². The molecule has 130 valence electrons. The summed E-state index contributed by atoms with van der Waals surface area (Å²) in [6.07, 6.45) is 11.0. The summed E-state index contributed by atoms with van der Waals surface area (Å²) in [7, 11) is 0. The van der Waals surface area contributed by atoms with Crippen LogP contribution in [0.2, 0.25) is 0 Å². The topological polar surface area (TPSA) is 40.5 Å². The van der Waals surface area contributed by atoms with Crippen LogP contribution < -0.4 is 0 Å². The maximum atomic E-state index is 10.9. The van der Waals surface area contributed by atoms with E-state index in [2.05, 4.69) is 26.8 Å². The molecule has 2 heteroatoms. The molecule has 4 rings (SSSR count). The molecule has 0 aromatic rings. The molecule has 0 aliphatic heterocycles. The summed E-state index contributed by atoms with van der Waals surface area (Å²) in [6.45, 7) is 7.25. The van der Waals surface area contributed by atoms with E-state index in [0.717, 1.165) is 24.2 Å². The molecule has 8 atom stereocenters. The van der Waals surface area contributed by atoms with Crippen molar-refractivity contribution < 1.29 is 10.2 Å². The van der Waals surface area contributed by atoms with Gasteiger partial charge in [-0.15, -0.1) is 0 Å². The third-order valence-corrected chi connectivity index (χ3v) is 8.87. The summed E-state index contributed by atoms with van der Waals surface area (Å²) in [4.78, 5) is 0. The molecule has 4 aliphatic rings.